The number of halogens is 1. The molecule has 1 saturated heterocycles. The van der Waals surface area contributed by atoms with E-state index in [9.17, 15) is 4.79 Å². The van der Waals surface area contributed by atoms with Crippen LogP contribution in [-0.4, -0.2) is 60.9 Å². The number of alkyl halides is 1. The van der Waals surface area contributed by atoms with E-state index in [0.29, 0.717) is 6.54 Å². The van der Waals surface area contributed by atoms with Crippen molar-refractivity contribution in [3.63, 3.8) is 0 Å². The normalized spacial score (nSPS) is 17.1. The summed E-state index contributed by atoms with van der Waals surface area (Å²) in [6, 6.07) is 10.6. The Hall–Kier alpha value is -1.10. The summed E-state index contributed by atoms with van der Waals surface area (Å²) in [5.41, 5.74) is 1.37. The fourth-order valence-corrected chi connectivity index (χ4v) is 2.51. The zero-order valence-electron chi connectivity index (χ0n) is 11.7. The predicted octanol–water partition coefficient (Wildman–Crippen LogP) is 1.16. The van der Waals surface area contributed by atoms with Crippen LogP contribution < -0.4 is 5.32 Å². The maximum Gasteiger partial charge on any atom is 0.234 e. The predicted molar refractivity (Wildman–Crippen MR) is 81.9 cm³/mol. The van der Waals surface area contributed by atoms with Gasteiger partial charge in [0, 0.05) is 45.8 Å². The highest BCUT2D eigenvalue weighted by Crippen LogP contribution is 2.07. The van der Waals surface area contributed by atoms with Crippen LogP contribution in [0.25, 0.3) is 0 Å². The second kappa shape index (κ2) is 8.25. The summed E-state index contributed by atoms with van der Waals surface area (Å²) in [4.78, 5) is 15.9. The molecule has 0 radical (unpaired) electrons. The van der Waals surface area contributed by atoms with Crippen molar-refractivity contribution >= 4 is 17.5 Å². The van der Waals surface area contributed by atoms with Crippen LogP contribution in [0, 0.1) is 0 Å². The first kappa shape index (κ1) is 15.3. The van der Waals surface area contributed by atoms with Crippen molar-refractivity contribution in [1.29, 1.82) is 0 Å². The van der Waals surface area contributed by atoms with E-state index in [4.69, 9.17) is 11.6 Å². The number of nitrogens with zero attached hydrogens (tertiary/aromatic N) is 2. The first-order valence-electron chi connectivity index (χ1n) is 7.09. The quantitative estimate of drug-likeness (QED) is 0.800. The van der Waals surface area contributed by atoms with Crippen LogP contribution in [0.3, 0.4) is 0 Å². The van der Waals surface area contributed by atoms with Crippen molar-refractivity contribution in [2.75, 3.05) is 45.1 Å². The molecule has 1 N–H and O–H groups in total. The molecule has 1 aromatic carbocycles. The zero-order valence-corrected chi connectivity index (χ0v) is 12.5. The van der Waals surface area contributed by atoms with Gasteiger partial charge in [0.2, 0.25) is 5.91 Å². The maximum absolute atomic E-state index is 11.0. The molecule has 0 saturated carbocycles. The molecular formula is C15H22ClN3O. The Morgan fingerprint density at radius 3 is 2.40 bits per heavy atom. The van der Waals surface area contributed by atoms with Gasteiger partial charge < -0.3 is 5.32 Å². The molecule has 1 aliphatic rings. The van der Waals surface area contributed by atoms with Crippen molar-refractivity contribution in [2.24, 2.45) is 0 Å². The molecule has 20 heavy (non-hydrogen) atoms. The summed E-state index contributed by atoms with van der Waals surface area (Å²) in [5.74, 6) is -0.0421. The summed E-state index contributed by atoms with van der Waals surface area (Å²) in [6.07, 6.45) is 0. The minimum atomic E-state index is -0.0885. The molecule has 1 amide bonds. The summed E-state index contributed by atoms with van der Waals surface area (Å²) >= 11 is 5.44. The lowest BCUT2D eigenvalue weighted by molar-refractivity contribution is -0.118. The maximum atomic E-state index is 11.0. The molecule has 0 atom stereocenters. The van der Waals surface area contributed by atoms with Gasteiger partial charge in [0.05, 0.1) is 0 Å². The van der Waals surface area contributed by atoms with E-state index in [1.165, 1.54) is 5.56 Å². The Morgan fingerprint density at radius 2 is 1.75 bits per heavy atom. The van der Waals surface area contributed by atoms with Gasteiger partial charge in [0.25, 0.3) is 0 Å². The van der Waals surface area contributed by atoms with Crippen molar-refractivity contribution in [3.05, 3.63) is 35.9 Å². The van der Waals surface area contributed by atoms with E-state index in [1.807, 2.05) is 0 Å². The molecule has 1 fully saturated rings. The summed E-state index contributed by atoms with van der Waals surface area (Å²) in [5, 5.41) is 2.80. The number of piperazine rings is 1. The average molecular weight is 296 g/mol. The Balaban J connectivity index is 1.64. The summed E-state index contributed by atoms with van der Waals surface area (Å²) in [6.45, 7) is 6.90. The van der Waals surface area contributed by atoms with Crippen LogP contribution in [0.5, 0.6) is 0 Å². The number of carbonyl (C=O) groups excluding carboxylic acids is 1. The van der Waals surface area contributed by atoms with Crippen LogP contribution in [0.1, 0.15) is 5.56 Å². The minimum absolute atomic E-state index is 0.0465. The fraction of sp³-hybridized carbons (Fsp3) is 0.533. The lowest BCUT2D eigenvalue weighted by Crippen LogP contribution is -2.48. The molecule has 0 spiro atoms. The minimum Gasteiger partial charge on any atom is -0.354 e. The third-order valence-electron chi connectivity index (χ3n) is 3.59. The topological polar surface area (TPSA) is 35.6 Å². The van der Waals surface area contributed by atoms with E-state index >= 15 is 0 Å². The van der Waals surface area contributed by atoms with Gasteiger partial charge >= 0.3 is 0 Å². The smallest absolute Gasteiger partial charge is 0.234 e. The Morgan fingerprint density at radius 1 is 1.10 bits per heavy atom. The van der Waals surface area contributed by atoms with E-state index in [-0.39, 0.29) is 11.8 Å². The molecule has 110 valence electrons. The number of rotatable bonds is 6. The van der Waals surface area contributed by atoms with Gasteiger partial charge in [-0.25, -0.2) is 0 Å². The molecule has 0 bridgehead atoms. The number of nitrogens with one attached hydrogen (secondary N) is 1. The number of amides is 1. The first-order chi connectivity index (χ1) is 9.78. The van der Waals surface area contributed by atoms with Crippen LogP contribution in [0.15, 0.2) is 30.3 Å². The lowest BCUT2D eigenvalue weighted by atomic mass is 10.2. The second-order valence-electron chi connectivity index (χ2n) is 5.09. The monoisotopic (exact) mass is 295 g/mol. The van der Waals surface area contributed by atoms with Gasteiger partial charge in [-0.05, 0) is 5.56 Å². The first-order valence-corrected chi connectivity index (χ1v) is 7.62. The van der Waals surface area contributed by atoms with Crippen LogP contribution >= 0.6 is 11.6 Å². The van der Waals surface area contributed by atoms with E-state index in [1.54, 1.807) is 0 Å². The Labute approximate surface area is 125 Å². The van der Waals surface area contributed by atoms with Crippen molar-refractivity contribution in [2.45, 2.75) is 6.54 Å². The molecule has 1 aliphatic heterocycles. The Bertz CT molecular complexity index is 405. The second-order valence-corrected chi connectivity index (χ2v) is 5.35. The molecule has 5 heteroatoms. The lowest BCUT2D eigenvalue weighted by Gasteiger charge is -2.34. The summed E-state index contributed by atoms with van der Waals surface area (Å²) in [7, 11) is 0. The number of hydrogen-bond acceptors (Lipinski definition) is 3. The van der Waals surface area contributed by atoms with Gasteiger partial charge in [0.1, 0.15) is 5.88 Å². The third kappa shape index (κ3) is 5.12. The standard InChI is InChI=1S/C15H22ClN3O/c16-12-15(20)17-6-7-18-8-10-19(11-9-18)13-14-4-2-1-3-5-14/h1-5H,6-13H2,(H,17,20). The van der Waals surface area contributed by atoms with Gasteiger partial charge in [0.15, 0.2) is 0 Å². The van der Waals surface area contributed by atoms with Gasteiger partial charge in [-0.1, -0.05) is 30.3 Å². The summed E-state index contributed by atoms with van der Waals surface area (Å²) < 4.78 is 0. The van der Waals surface area contributed by atoms with Gasteiger partial charge in [-0.2, -0.15) is 0 Å². The molecule has 1 heterocycles. The number of hydrogen-bond donors (Lipinski definition) is 1. The molecule has 4 nitrogen and oxygen atoms in total. The highest BCUT2D eigenvalue weighted by molar-refractivity contribution is 6.27. The van der Waals surface area contributed by atoms with E-state index < -0.39 is 0 Å². The Kier molecular flexibility index (Phi) is 6.30. The van der Waals surface area contributed by atoms with Gasteiger partial charge in [-0.3, -0.25) is 14.6 Å². The largest absolute Gasteiger partial charge is 0.354 e. The van der Waals surface area contributed by atoms with Crippen molar-refractivity contribution in [3.8, 4) is 0 Å². The molecular weight excluding hydrogens is 274 g/mol. The van der Waals surface area contributed by atoms with Crippen LogP contribution in [-0.2, 0) is 11.3 Å². The average Bonchev–Trinajstić information content (AvgIpc) is 2.50. The van der Waals surface area contributed by atoms with Crippen LogP contribution in [0.2, 0.25) is 0 Å². The highest BCUT2D eigenvalue weighted by atomic mass is 35.5. The van der Waals surface area contributed by atoms with Gasteiger partial charge in [-0.15, -0.1) is 11.6 Å². The molecule has 1 aromatic rings. The number of carbonyl (C=O) groups is 1. The van der Waals surface area contributed by atoms with Crippen molar-refractivity contribution in [1.82, 2.24) is 15.1 Å². The van der Waals surface area contributed by atoms with Crippen molar-refractivity contribution < 1.29 is 4.79 Å². The SMILES string of the molecule is O=C(CCl)NCCN1CCN(Cc2ccccc2)CC1. The molecule has 0 unspecified atom stereocenters. The van der Waals surface area contributed by atoms with E-state index in [0.717, 1.165) is 39.3 Å². The highest BCUT2D eigenvalue weighted by Gasteiger charge is 2.16. The molecule has 0 aromatic heterocycles. The van der Waals surface area contributed by atoms with Crippen LogP contribution in [0.4, 0.5) is 0 Å². The zero-order chi connectivity index (χ0) is 14.2. The van der Waals surface area contributed by atoms with E-state index in [2.05, 4.69) is 45.4 Å². The third-order valence-corrected chi connectivity index (χ3v) is 3.83. The molecule has 2 rings (SSSR count). The fourth-order valence-electron chi connectivity index (χ4n) is 2.41. The number of benzene rings is 1. The molecule has 0 aliphatic carbocycles.